The smallest absolute Gasteiger partial charge is 0.407 e. The third-order valence-corrected chi connectivity index (χ3v) is 6.75. The Morgan fingerprint density at radius 3 is 2.82 bits per heavy atom. The molecule has 1 saturated carbocycles. The number of nitrogens with zero attached hydrogens (tertiary/aromatic N) is 4. The molecule has 1 aliphatic carbocycles. The van der Waals surface area contributed by atoms with Crippen molar-refractivity contribution in [2.24, 2.45) is 11.8 Å². The summed E-state index contributed by atoms with van der Waals surface area (Å²) in [5, 5.41) is 16.5. The monoisotopic (exact) mass is 585 g/mol. The summed E-state index contributed by atoms with van der Waals surface area (Å²) < 4.78 is 13.7. The quantitative estimate of drug-likeness (QED) is 0.312. The molecule has 1 aliphatic rings. The first-order valence-corrected chi connectivity index (χ1v) is 13.1. The highest BCUT2D eigenvalue weighted by Crippen LogP contribution is 2.30. The average molecular weight is 585 g/mol. The van der Waals surface area contributed by atoms with Crippen LogP contribution in [0.25, 0.3) is 11.4 Å². The summed E-state index contributed by atoms with van der Waals surface area (Å²) in [6.07, 6.45) is 6.44. The van der Waals surface area contributed by atoms with Crippen LogP contribution in [0.4, 0.5) is 4.79 Å². The lowest BCUT2D eigenvalue weighted by atomic mass is 9.87. The number of aryl methyl sites for hydroxylation is 1. The lowest BCUT2D eigenvalue weighted by Gasteiger charge is -2.27. The number of alkyl halides is 1. The van der Waals surface area contributed by atoms with Gasteiger partial charge in [-0.3, -0.25) is 9.48 Å². The van der Waals surface area contributed by atoms with Crippen molar-refractivity contribution in [1.29, 1.82) is 0 Å². The predicted octanol–water partition coefficient (Wildman–Crippen LogP) is 4.34. The first-order chi connectivity index (χ1) is 16.3. The average Bonchev–Trinajstić information content (AvgIpc) is 3.25. The highest BCUT2D eigenvalue weighted by molar-refractivity contribution is 14.1. The molecule has 0 spiro atoms. The molecule has 0 aliphatic heterocycles. The second-order valence-corrected chi connectivity index (χ2v) is 9.36. The van der Waals surface area contributed by atoms with E-state index in [9.17, 15) is 14.7 Å². The van der Waals surface area contributed by atoms with Crippen LogP contribution >= 0.6 is 22.6 Å². The number of ether oxygens (including phenoxy) is 2. The second-order valence-electron chi connectivity index (χ2n) is 8.67. The fourth-order valence-electron chi connectivity index (χ4n) is 3.79. The molecule has 2 aromatic rings. The van der Waals surface area contributed by atoms with Gasteiger partial charge in [-0.15, -0.1) is 0 Å². The molecule has 0 radical (unpaired) electrons. The van der Waals surface area contributed by atoms with E-state index in [2.05, 4.69) is 49.9 Å². The van der Waals surface area contributed by atoms with E-state index in [0.717, 1.165) is 30.5 Å². The Kier molecular flexibility index (Phi) is 9.48. The summed E-state index contributed by atoms with van der Waals surface area (Å²) in [6, 6.07) is 0. The maximum absolute atomic E-state index is 12.1. The molecule has 186 valence electrons. The molecule has 10 nitrogen and oxygen atoms in total. The van der Waals surface area contributed by atoms with Crippen LogP contribution < -0.4 is 10.1 Å². The van der Waals surface area contributed by atoms with Crippen molar-refractivity contribution >= 4 is 34.7 Å². The van der Waals surface area contributed by atoms with Gasteiger partial charge >= 0.3 is 12.1 Å². The van der Waals surface area contributed by atoms with Gasteiger partial charge in [-0.2, -0.15) is 5.10 Å². The molecular formula is C23H32IN5O5. The van der Waals surface area contributed by atoms with E-state index < -0.39 is 12.1 Å². The molecule has 0 bridgehead atoms. The van der Waals surface area contributed by atoms with E-state index in [4.69, 9.17) is 9.47 Å². The Balaban J connectivity index is 1.70. The van der Waals surface area contributed by atoms with Gasteiger partial charge in [0.05, 0.1) is 59.1 Å². The fraction of sp³-hybridized carbons (Fsp3) is 0.609. The molecule has 2 heterocycles. The number of nitrogens with one attached hydrogen (secondary N) is 1. The first kappa shape index (κ1) is 26.2. The van der Waals surface area contributed by atoms with E-state index in [-0.39, 0.29) is 18.6 Å². The largest absolute Gasteiger partial charge is 0.487 e. The highest BCUT2D eigenvalue weighted by atomic mass is 127. The minimum Gasteiger partial charge on any atom is -0.487 e. The molecule has 2 N–H and O–H groups in total. The Labute approximate surface area is 213 Å². The van der Waals surface area contributed by atoms with Crippen LogP contribution in [-0.4, -0.2) is 49.6 Å². The van der Waals surface area contributed by atoms with Gasteiger partial charge < -0.3 is 19.9 Å². The summed E-state index contributed by atoms with van der Waals surface area (Å²) in [4.78, 5) is 32.5. The number of aliphatic carboxylic acids is 1. The number of carboxylic acid groups (broad SMARTS) is 1. The molecule has 3 rings (SSSR count). The van der Waals surface area contributed by atoms with E-state index in [0.29, 0.717) is 47.2 Å². The van der Waals surface area contributed by atoms with Gasteiger partial charge in [-0.1, -0.05) is 42.9 Å². The van der Waals surface area contributed by atoms with Crippen molar-refractivity contribution in [3.63, 3.8) is 0 Å². The molecule has 0 saturated heterocycles. The van der Waals surface area contributed by atoms with Gasteiger partial charge in [0.25, 0.3) is 0 Å². The second kappa shape index (κ2) is 12.3. The lowest BCUT2D eigenvalue weighted by molar-refractivity contribution is -0.143. The molecule has 0 aromatic carbocycles. The number of rotatable bonds is 10. The van der Waals surface area contributed by atoms with E-state index >= 15 is 0 Å². The number of aromatic nitrogens is 4. The minimum absolute atomic E-state index is 0.161. The lowest BCUT2D eigenvalue weighted by Crippen LogP contribution is -2.29. The van der Waals surface area contributed by atoms with Crippen molar-refractivity contribution in [2.45, 2.75) is 70.1 Å². The van der Waals surface area contributed by atoms with E-state index in [1.807, 2.05) is 13.8 Å². The summed E-state index contributed by atoms with van der Waals surface area (Å²) in [5.41, 5.74) is 2.16. The number of alkyl carbamates (subject to hydrolysis) is 1. The van der Waals surface area contributed by atoms with Gasteiger partial charge in [0, 0.05) is 0 Å². The maximum Gasteiger partial charge on any atom is 0.407 e. The van der Waals surface area contributed by atoms with E-state index in [1.54, 1.807) is 17.1 Å². The third kappa shape index (κ3) is 6.80. The van der Waals surface area contributed by atoms with Gasteiger partial charge in [-0.25, -0.2) is 14.8 Å². The summed E-state index contributed by atoms with van der Waals surface area (Å²) in [7, 11) is 0. The number of hydrogen-bond donors (Lipinski definition) is 2. The molecule has 2 aromatic heterocycles. The normalized spacial score (nSPS) is 18.8. The number of carboxylic acids is 1. The first-order valence-electron chi connectivity index (χ1n) is 11.6. The molecule has 1 fully saturated rings. The Hall–Kier alpha value is -2.44. The molecule has 1 amide bonds. The van der Waals surface area contributed by atoms with Crippen LogP contribution in [0.15, 0.2) is 12.4 Å². The van der Waals surface area contributed by atoms with Crippen molar-refractivity contribution in [1.82, 2.24) is 25.1 Å². The zero-order valence-electron chi connectivity index (χ0n) is 19.8. The number of amides is 1. The van der Waals surface area contributed by atoms with Gasteiger partial charge in [0.15, 0.2) is 11.6 Å². The zero-order valence-corrected chi connectivity index (χ0v) is 21.9. The molecule has 11 heteroatoms. The van der Waals surface area contributed by atoms with Gasteiger partial charge in [0.2, 0.25) is 0 Å². The van der Waals surface area contributed by atoms with E-state index in [1.165, 1.54) is 0 Å². The van der Waals surface area contributed by atoms with Crippen molar-refractivity contribution in [3.8, 4) is 17.1 Å². The van der Waals surface area contributed by atoms with Gasteiger partial charge in [0.1, 0.15) is 0 Å². The van der Waals surface area contributed by atoms with Crippen LogP contribution in [-0.2, 0) is 20.6 Å². The summed E-state index contributed by atoms with van der Waals surface area (Å²) in [6.45, 7) is 6.53. The summed E-state index contributed by atoms with van der Waals surface area (Å²) in [5.74, 6) is 0.202. The number of carbonyl (C=O) groups excluding carboxylic acids is 1. The van der Waals surface area contributed by atoms with Crippen LogP contribution in [0.5, 0.6) is 5.75 Å². The predicted molar refractivity (Wildman–Crippen MR) is 134 cm³/mol. The fourth-order valence-corrected chi connectivity index (χ4v) is 4.37. The highest BCUT2D eigenvalue weighted by Gasteiger charge is 2.28. The SMILES string of the molecule is CCC(C)COC(=O)NCc1c(-c2ncc(O[C@H]3CCC[C@H](C(=O)O)C3)c(C)n2)cnn1CI. The standard InChI is InChI=1S/C23H32IN5O5/c1-4-14(2)12-33-23(32)26-10-19-18(9-27-29(19)13-24)21-25-11-20(15(3)28-21)34-17-7-5-6-16(8-17)22(30)31/h9,11,14,16-17H,4-8,10,12-13H2,1-3H3,(H,26,32)(H,30,31)/t14?,16-,17-/m0/s1. The van der Waals surface area contributed by atoms with Crippen LogP contribution in [0, 0.1) is 18.8 Å². The van der Waals surface area contributed by atoms with Crippen LogP contribution in [0.2, 0.25) is 0 Å². The van der Waals surface area contributed by atoms with Crippen molar-refractivity contribution in [3.05, 3.63) is 23.8 Å². The van der Waals surface area contributed by atoms with Gasteiger partial charge in [-0.05, 0) is 38.5 Å². The van der Waals surface area contributed by atoms with Crippen molar-refractivity contribution < 1.29 is 24.2 Å². The molecule has 3 atom stereocenters. The minimum atomic E-state index is -0.770. The summed E-state index contributed by atoms with van der Waals surface area (Å²) >= 11 is 2.20. The third-order valence-electron chi connectivity index (χ3n) is 6.10. The van der Waals surface area contributed by atoms with Crippen molar-refractivity contribution in [2.75, 3.05) is 6.61 Å². The maximum atomic E-state index is 12.1. The molecule has 1 unspecified atom stereocenters. The number of hydrogen-bond acceptors (Lipinski definition) is 7. The Morgan fingerprint density at radius 2 is 2.15 bits per heavy atom. The zero-order chi connectivity index (χ0) is 24.7. The Morgan fingerprint density at radius 1 is 1.35 bits per heavy atom. The molecule has 34 heavy (non-hydrogen) atoms. The number of halogens is 1. The molecular weight excluding hydrogens is 553 g/mol. The Bertz CT molecular complexity index is 998. The van der Waals surface area contributed by atoms with Crippen LogP contribution in [0.3, 0.4) is 0 Å². The topological polar surface area (TPSA) is 128 Å². The van der Waals surface area contributed by atoms with Crippen LogP contribution in [0.1, 0.15) is 57.3 Å². The number of carbonyl (C=O) groups is 2.